The number of nitrogens with zero attached hydrogens (tertiary/aromatic N) is 3. The van der Waals surface area contributed by atoms with Gasteiger partial charge in [-0.2, -0.15) is 0 Å². The minimum Gasteiger partial charge on any atom is -0.493 e. The second-order valence-electron chi connectivity index (χ2n) is 6.67. The molecule has 156 valence electrons. The van der Waals surface area contributed by atoms with E-state index in [1.807, 2.05) is 17.5 Å². The predicted octanol–water partition coefficient (Wildman–Crippen LogP) is 3.49. The molecule has 1 aromatic carbocycles. The molecule has 0 aliphatic carbocycles. The molecule has 9 heteroatoms. The first-order valence-electron chi connectivity index (χ1n) is 9.40. The smallest absolute Gasteiger partial charge is 0.273 e. The van der Waals surface area contributed by atoms with Gasteiger partial charge < -0.3 is 19.3 Å². The maximum absolute atomic E-state index is 12.9. The summed E-state index contributed by atoms with van der Waals surface area (Å²) in [5, 5.41) is 4.65. The van der Waals surface area contributed by atoms with Gasteiger partial charge in [-0.05, 0) is 29.6 Å². The maximum atomic E-state index is 12.9. The summed E-state index contributed by atoms with van der Waals surface area (Å²) in [6, 6.07) is 9.09. The summed E-state index contributed by atoms with van der Waals surface area (Å²) >= 11 is 3.08. The van der Waals surface area contributed by atoms with Crippen LogP contribution in [0.4, 0.5) is 0 Å². The molecule has 0 radical (unpaired) electrons. The SMILES string of the molecule is COc1ccc(C(=O)N2CCN(C(=O)c3csc(-c4cccs4)n3)CC2)cc1OC. The van der Waals surface area contributed by atoms with Crippen LogP contribution in [0.25, 0.3) is 9.88 Å². The standard InChI is InChI=1S/C21H21N3O4S2/c1-27-16-6-5-14(12-17(16)28-2)20(25)23-7-9-24(10-8-23)21(26)15-13-30-19(22-15)18-4-3-11-29-18/h3-6,11-13H,7-10H2,1-2H3. The minimum atomic E-state index is -0.0905. The number of piperazine rings is 1. The van der Waals surface area contributed by atoms with Gasteiger partial charge in [0.05, 0.1) is 19.1 Å². The highest BCUT2D eigenvalue weighted by molar-refractivity contribution is 7.20. The minimum absolute atomic E-state index is 0.0864. The average molecular weight is 444 g/mol. The Bertz CT molecular complexity index is 1040. The lowest BCUT2D eigenvalue weighted by atomic mass is 10.1. The summed E-state index contributed by atoms with van der Waals surface area (Å²) < 4.78 is 10.5. The van der Waals surface area contributed by atoms with Crippen molar-refractivity contribution in [1.29, 1.82) is 0 Å². The van der Waals surface area contributed by atoms with Crippen LogP contribution in [0.1, 0.15) is 20.8 Å². The van der Waals surface area contributed by atoms with E-state index >= 15 is 0 Å². The van der Waals surface area contributed by atoms with Crippen LogP contribution in [0.3, 0.4) is 0 Å². The van der Waals surface area contributed by atoms with Gasteiger partial charge in [-0.3, -0.25) is 9.59 Å². The van der Waals surface area contributed by atoms with Gasteiger partial charge in [-0.25, -0.2) is 4.98 Å². The molecule has 0 bridgehead atoms. The third-order valence-electron chi connectivity index (χ3n) is 4.94. The first-order valence-corrected chi connectivity index (χ1v) is 11.2. The lowest BCUT2D eigenvalue weighted by Crippen LogP contribution is -2.50. The van der Waals surface area contributed by atoms with Crippen molar-refractivity contribution in [3.05, 3.63) is 52.3 Å². The van der Waals surface area contributed by atoms with E-state index in [1.165, 1.54) is 11.3 Å². The van der Waals surface area contributed by atoms with E-state index in [9.17, 15) is 9.59 Å². The van der Waals surface area contributed by atoms with Crippen LogP contribution < -0.4 is 9.47 Å². The summed E-state index contributed by atoms with van der Waals surface area (Å²) in [6.07, 6.45) is 0. The van der Waals surface area contributed by atoms with Crippen molar-refractivity contribution in [3.63, 3.8) is 0 Å². The molecule has 3 heterocycles. The molecule has 1 aliphatic rings. The van der Waals surface area contributed by atoms with Gasteiger partial charge in [-0.1, -0.05) is 6.07 Å². The monoisotopic (exact) mass is 443 g/mol. The molecule has 0 atom stereocenters. The molecular formula is C21H21N3O4S2. The van der Waals surface area contributed by atoms with Crippen molar-refractivity contribution >= 4 is 34.5 Å². The van der Waals surface area contributed by atoms with Crippen LogP contribution in [-0.4, -0.2) is 67.0 Å². The van der Waals surface area contributed by atoms with E-state index in [1.54, 1.807) is 58.9 Å². The number of thiophene rings is 1. The molecule has 0 N–H and O–H groups in total. The predicted molar refractivity (Wildman–Crippen MR) is 117 cm³/mol. The number of amides is 2. The van der Waals surface area contributed by atoms with Gasteiger partial charge in [0.15, 0.2) is 11.5 Å². The highest BCUT2D eigenvalue weighted by Crippen LogP contribution is 2.29. The second-order valence-corrected chi connectivity index (χ2v) is 8.48. The van der Waals surface area contributed by atoms with Gasteiger partial charge >= 0.3 is 0 Å². The van der Waals surface area contributed by atoms with Crippen molar-refractivity contribution in [2.24, 2.45) is 0 Å². The maximum Gasteiger partial charge on any atom is 0.273 e. The molecule has 1 aliphatic heterocycles. The third kappa shape index (κ3) is 4.03. The van der Waals surface area contributed by atoms with Crippen molar-refractivity contribution < 1.29 is 19.1 Å². The first-order chi connectivity index (χ1) is 14.6. The number of thiazole rings is 1. The van der Waals surface area contributed by atoms with Crippen molar-refractivity contribution in [1.82, 2.24) is 14.8 Å². The van der Waals surface area contributed by atoms with E-state index in [0.717, 1.165) is 9.88 Å². The van der Waals surface area contributed by atoms with Crippen molar-refractivity contribution in [2.75, 3.05) is 40.4 Å². The molecule has 2 amide bonds. The average Bonchev–Trinajstić information content (AvgIpc) is 3.49. The fourth-order valence-electron chi connectivity index (χ4n) is 3.31. The molecule has 0 unspecified atom stereocenters. The van der Waals surface area contributed by atoms with Crippen LogP contribution in [0.2, 0.25) is 0 Å². The van der Waals surface area contributed by atoms with E-state index in [-0.39, 0.29) is 11.8 Å². The Labute approximate surface area is 182 Å². The van der Waals surface area contributed by atoms with Crippen LogP contribution in [0.15, 0.2) is 41.1 Å². The van der Waals surface area contributed by atoms with Crippen LogP contribution in [0, 0.1) is 0 Å². The largest absolute Gasteiger partial charge is 0.493 e. The number of benzene rings is 1. The Balaban J connectivity index is 1.39. The molecule has 3 aromatic rings. The van der Waals surface area contributed by atoms with Crippen LogP contribution in [0.5, 0.6) is 11.5 Å². The Hall–Kier alpha value is -2.91. The number of carbonyl (C=O) groups is 2. The van der Waals surface area contributed by atoms with E-state index in [2.05, 4.69) is 4.98 Å². The summed E-state index contributed by atoms with van der Waals surface area (Å²) in [5.74, 6) is 0.917. The number of ether oxygens (including phenoxy) is 2. The van der Waals surface area contributed by atoms with Gasteiger partial charge in [-0.15, -0.1) is 22.7 Å². The first kappa shape index (κ1) is 20.4. The van der Waals surface area contributed by atoms with Gasteiger partial charge in [0.2, 0.25) is 0 Å². The summed E-state index contributed by atoms with van der Waals surface area (Å²) in [5.41, 5.74) is 0.996. The second kappa shape index (κ2) is 8.85. The quantitative estimate of drug-likeness (QED) is 0.604. The zero-order valence-electron chi connectivity index (χ0n) is 16.7. The van der Waals surface area contributed by atoms with Gasteiger partial charge in [0.1, 0.15) is 10.7 Å². The lowest BCUT2D eigenvalue weighted by molar-refractivity contribution is 0.0532. The fourth-order valence-corrected chi connectivity index (χ4v) is 4.92. The van der Waals surface area contributed by atoms with E-state index < -0.39 is 0 Å². The molecule has 2 aromatic heterocycles. The number of hydrogen-bond donors (Lipinski definition) is 0. The Kier molecular flexibility index (Phi) is 6.01. The van der Waals surface area contributed by atoms with Gasteiger partial charge in [0.25, 0.3) is 11.8 Å². The molecule has 1 fully saturated rings. The Morgan fingerprint density at radius 2 is 1.63 bits per heavy atom. The molecule has 0 spiro atoms. The zero-order valence-corrected chi connectivity index (χ0v) is 18.3. The zero-order chi connectivity index (χ0) is 21.1. The molecule has 1 saturated heterocycles. The molecule has 0 saturated carbocycles. The lowest BCUT2D eigenvalue weighted by Gasteiger charge is -2.34. The molecular weight excluding hydrogens is 422 g/mol. The summed E-state index contributed by atoms with van der Waals surface area (Å²) in [7, 11) is 3.10. The number of aromatic nitrogens is 1. The number of rotatable bonds is 5. The van der Waals surface area contributed by atoms with Crippen LogP contribution >= 0.6 is 22.7 Å². The van der Waals surface area contributed by atoms with E-state index in [4.69, 9.17) is 9.47 Å². The number of methoxy groups -OCH3 is 2. The Morgan fingerprint density at radius 3 is 2.27 bits per heavy atom. The molecule has 7 nitrogen and oxygen atoms in total. The summed E-state index contributed by atoms with van der Waals surface area (Å²) in [4.78, 5) is 34.8. The van der Waals surface area contributed by atoms with Gasteiger partial charge in [0, 0.05) is 37.1 Å². The summed E-state index contributed by atoms with van der Waals surface area (Å²) in [6.45, 7) is 1.90. The van der Waals surface area contributed by atoms with E-state index in [0.29, 0.717) is 48.9 Å². The topological polar surface area (TPSA) is 72.0 Å². The normalized spacial score (nSPS) is 13.9. The van der Waals surface area contributed by atoms with Crippen molar-refractivity contribution in [2.45, 2.75) is 0 Å². The highest BCUT2D eigenvalue weighted by Gasteiger charge is 2.27. The Morgan fingerprint density at radius 1 is 0.933 bits per heavy atom. The molecule has 30 heavy (non-hydrogen) atoms. The number of hydrogen-bond acceptors (Lipinski definition) is 7. The number of carbonyl (C=O) groups excluding carboxylic acids is 2. The third-order valence-corrected chi connectivity index (χ3v) is 6.82. The molecule has 4 rings (SSSR count). The van der Waals surface area contributed by atoms with Crippen LogP contribution in [-0.2, 0) is 0 Å². The van der Waals surface area contributed by atoms with Crippen molar-refractivity contribution in [3.8, 4) is 21.4 Å². The highest BCUT2D eigenvalue weighted by atomic mass is 32.1. The fraction of sp³-hybridized carbons (Fsp3) is 0.286.